The van der Waals surface area contributed by atoms with E-state index in [1.165, 1.54) is 12.8 Å². The number of nitrogens with zero attached hydrogens (tertiary/aromatic N) is 1. The lowest BCUT2D eigenvalue weighted by atomic mass is 10.2. The van der Waals surface area contributed by atoms with Gasteiger partial charge in [-0.15, -0.1) is 0 Å². The molecule has 1 aliphatic carbocycles. The van der Waals surface area contributed by atoms with E-state index in [4.69, 9.17) is 4.84 Å². The quantitative estimate of drug-likeness (QED) is 0.816. The number of hydroxylamine groups is 1. The summed E-state index contributed by atoms with van der Waals surface area (Å²) in [6, 6.07) is 7.47. The third-order valence-corrected chi connectivity index (χ3v) is 2.99. The second-order valence-electron chi connectivity index (χ2n) is 4.41. The van der Waals surface area contributed by atoms with Gasteiger partial charge in [0.2, 0.25) is 0 Å². The third-order valence-electron chi connectivity index (χ3n) is 2.99. The van der Waals surface area contributed by atoms with Crippen molar-refractivity contribution in [3.05, 3.63) is 42.2 Å². The van der Waals surface area contributed by atoms with Crippen LogP contribution in [-0.2, 0) is 4.84 Å². The minimum Gasteiger partial charge on any atom is -0.323 e. The molecule has 1 aliphatic rings. The first kappa shape index (κ1) is 10.4. The summed E-state index contributed by atoms with van der Waals surface area (Å²) in [7, 11) is 0. The Kier molecular flexibility index (Phi) is 2.57. The summed E-state index contributed by atoms with van der Waals surface area (Å²) < 4.78 is 1.91. The average molecular weight is 230 g/mol. The lowest BCUT2D eigenvalue weighted by molar-refractivity contribution is 0.0271. The maximum Gasteiger partial charge on any atom is 0.276 e. The van der Waals surface area contributed by atoms with Crippen LogP contribution < -0.4 is 5.48 Å². The summed E-state index contributed by atoms with van der Waals surface area (Å²) in [5.74, 6) is 0.453. The highest BCUT2D eigenvalue weighted by molar-refractivity contribution is 6.00. The van der Waals surface area contributed by atoms with Crippen molar-refractivity contribution in [2.75, 3.05) is 6.61 Å². The number of fused-ring (bicyclic) bond motifs is 1. The summed E-state index contributed by atoms with van der Waals surface area (Å²) >= 11 is 0. The van der Waals surface area contributed by atoms with E-state index >= 15 is 0 Å². The topological polar surface area (TPSA) is 42.7 Å². The van der Waals surface area contributed by atoms with Gasteiger partial charge in [-0.1, -0.05) is 0 Å². The van der Waals surface area contributed by atoms with Crippen molar-refractivity contribution in [2.45, 2.75) is 12.8 Å². The minimum atomic E-state index is -0.185. The highest BCUT2D eigenvalue weighted by Gasteiger charge is 2.22. The van der Waals surface area contributed by atoms with Gasteiger partial charge in [-0.25, -0.2) is 5.48 Å². The van der Waals surface area contributed by atoms with E-state index in [-0.39, 0.29) is 5.91 Å². The van der Waals surface area contributed by atoms with Crippen molar-refractivity contribution in [3.8, 4) is 0 Å². The summed E-state index contributed by atoms with van der Waals surface area (Å²) in [5, 5.41) is 0. The molecule has 0 aliphatic heterocycles. The molecule has 3 rings (SSSR count). The van der Waals surface area contributed by atoms with Crippen LogP contribution in [0.4, 0.5) is 0 Å². The molecule has 0 aromatic carbocycles. The van der Waals surface area contributed by atoms with Crippen molar-refractivity contribution >= 4 is 11.4 Å². The molecule has 1 amide bonds. The van der Waals surface area contributed by atoms with E-state index in [9.17, 15) is 4.79 Å². The maximum absolute atomic E-state index is 11.9. The molecule has 1 N–H and O–H groups in total. The van der Waals surface area contributed by atoms with Crippen LogP contribution in [0.2, 0.25) is 0 Å². The molecule has 4 heteroatoms. The molecule has 2 aromatic heterocycles. The third kappa shape index (κ3) is 2.17. The minimum absolute atomic E-state index is 0.185. The molecule has 0 atom stereocenters. The Morgan fingerprint density at radius 1 is 1.35 bits per heavy atom. The molecule has 0 saturated heterocycles. The van der Waals surface area contributed by atoms with Gasteiger partial charge in [-0.3, -0.25) is 9.63 Å². The van der Waals surface area contributed by atoms with Gasteiger partial charge < -0.3 is 4.40 Å². The number of aromatic nitrogens is 1. The van der Waals surface area contributed by atoms with E-state index in [1.807, 2.05) is 35.0 Å². The molecule has 2 aromatic rings. The summed E-state index contributed by atoms with van der Waals surface area (Å²) in [6.45, 7) is 0.621. The number of nitrogens with one attached hydrogen (secondary N) is 1. The first-order valence-electron chi connectivity index (χ1n) is 5.82. The molecule has 88 valence electrons. The van der Waals surface area contributed by atoms with Crippen LogP contribution in [0.3, 0.4) is 0 Å². The standard InChI is InChI=1S/C13H14N2O2/c16-13(14-17-9-10-5-6-10)11-3-1-7-15-8-2-4-12(11)15/h1-4,7-8,10H,5-6,9H2,(H,14,16). The SMILES string of the molecule is O=C(NOCC1CC1)c1cccn2cccc12. The lowest BCUT2D eigenvalue weighted by Crippen LogP contribution is -2.25. The first-order valence-corrected chi connectivity index (χ1v) is 5.82. The predicted octanol–water partition coefficient (Wildman–Crippen LogP) is 2.01. The number of carbonyl (C=O) groups excluding carboxylic acids is 1. The van der Waals surface area contributed by atoms with Crippen LogP contribution >= 0.6 is 0 Å². The molecule has 0 spiro atoms. The van der Waals surface area contributed by atoms with Gasteiger partial charge in [-0.05, 0) is 43.0 Å². The zero-order chi connectivity index (χ0) is 11.7. The number of rotatable bonds is 4. The largest absolute Gasteiger partial charge is 0.323 e. The molecule has 2 heterocycles. The van der Waals surface area contributed by atoms with E-state index in [0.29, 0.717) is 18.1 Å². The van der Waals surface area contributed by atoms with Crippen molar-refractivity contribution in [2.24, 2.45) is 5.92 Å². The van der Waals surface area contributed by atoms with E-state index in [2.05, 4.69) is 5.48 Å². The van der Waals surface area contributed by atoms with Crippen LogP contribution in [0, 0.1) is 5.92 Å². The Labute approximate surface area is 99.1 Å². The van der Waals surface area contributed by atoms with Crippen LogP contribution in [-0.4, -0.2) is 16.9 Å². The van der Waals surface area contributed by atoms with E-state index < -0.39 is 0 Å². The fraction of sp³-hybridized carbons (Fsp3) is 0.308. The molecule has 0 unspecified atom stereocenters. The van der Waals surface area contributed by atoms with Crippen LogP contribution in [0.25, 0.3) is 5.52 Å². The molecule has 0 radical (unpaired) electrons. The smallest absolute Gasteiger partial charge is 0.276 e. The Bertz CT molecular complexity index is 543. The van der Waals surface area contributed by atoms with Crippen LogP contribution in [0.15, 0.2) is 36.7 Å². The Balaban J connectivity index is 1.72. The number of hydrogen-bond acceptors (Lipinski definition) is 2. The van der Waals surface area contributed by atoms with Crippen molar-refractivity contribution < 1.29 is 9.63 Å². The molecular formula is C13H14N2O2. The second kappa shape index (κ2) is 4.22. The first-order chi connectivity index (χ1) is 8.34. The van der Waals surface area contributed by atoms with Crippen molar-refractivity contribution in [1.29, 1.82) is 0 Å². The molecule has 1 saturated carbocycles. The van der Waals surface area contributed by atoms with Gasteiger partial charge in [0, 0.05) is 12.4 Å². The highest BCUT2D eigenvalue weighted by Crippen LogP contribution is 2.28. The predicted molar refractivity (Wildman–Crippen MR) is 63.5 cm³/mol. The molecule has 0 bridgehead atoms. The Hall–Kier alpha value is -1.81. The molecule has 4 nitrogen and oxygen atoms in total. The number of amides is 1. The normalized spacial score (nSPS) is 15.1. The zero-order valence-corrected chi connectivity index (χ0v) is 9.43. The van der Waals surface area contributed by atoms with Crippen molar-refractivity contribution in [1.82, 2.24) is 9.88 Å². The Morgan fingerprint density at radius 3 is 2.88 bits per heavy atom. The molecule has 17 heavy (non-hydrogen) atoms. The summed E-state index contributed by atoms with van der Waals surface area (Å²) in [4.78, 5) is 17.1. The number of carbonyl (C=O) groups is 1. The van der Waals surface area contributed by atoms with Crippen molar-refractivity contribution in [3.63, 3.8) is 0 Å². The lowest BCUT2D eigenvalue weighted by Gasteiger charge is -2.06. The maximum atomic E-state index is 11.9. The summed E-state index contributed by atoms with van der Waals surface area (Å²) in [6.07, 6.45) is 6.25. The molecule has 1 fully saturated rings. The Morgan fingerprint density at radius 2 is 2.12 bits per heavy atom. The van der Waals surface area contributed by atoms with Gasteiger partial charge in [0.05, 0.1) is 17.7 Å². The number of hydrogen-bond donors (Lipinski definition) is 1. The fourth-order valence-corrected chi connectivity index (χ4v) is 1.83. The zero-order valence-electron chi connectivity index (χ0n) is 9.43. The summed E-state index contributed by atoms with van der Waals surface area (Å²) in [5.41, 5.74) is 4.02. The number of pyridine rings is 1. The second-order valence-corrected chi connectivity index (χ2v) is 4.41. The average Bonchev–Trinajstić information content (AvgIpc) is 3.04. The van der Waals surface area contributed by atoms with E-state index in [0.717, 1.165) is 5.52 Å². The monoisotopic (exact) mass is 230 g/mol. The van der Waals surface area contributed by atoms with Gasteiger partial charge in [0.25, 0.3) is 5.91 Å². The van der Waals surface area contributed by atoms with Gasteiger partial charge in [-0.2, -0.15) is 0 Å². The van der Waals surface area contributed by atoms with Crippen LogP contribution in [0.1, 0.15) is 23.2 Å². The highest BCUT2D eigenvalue weighted by atomic mass is 16.7. The molecular weight excluding hydrogens is 216 g/mol. The van der Waals surface area contributed by atoms with Gasteiger partial charge >= 0.3 is 0 Å². The van der Waals surface area contributed by atoms with E-state index in [1.54, 1.807) is 6.07 Å². The van der Waals surface area contributed by atoms with Crippen LogP contribution in [0.5, 0.6) is 0 Å². The van der Waals surface area contributed by atoms with Gasteiger partial charge in [0.15, 0.2) is 0 Å². The van der Waals surface area contributed by atoms with Gasteiger partial charge in [0.1, 0.15) is 0 Å². The fourth-order valence-electron chi connectivity index (χ4n) is 1.83.